The summed E-state index contributed by atoms with van der Waals surface area (Å²) in [5.74, 6) is -0.180. The van der Waals surface area contributed by atoms with E-state index in [1.807, 2.05) is 26.8 Å². The number of hydrogen-bond acceptors (Lipinski definition) is 3. The molecule has 1 aromatic rings. The van der Waals surface area contributed by atoms with Gasteiger partial charge in [0.1, 0.15) is 10.6 Å². The van der Waals surface area contributed by atoms with Crippen LogP contribution < -0.4 is 10.0 Å². The van der Waals surface area contributed by atoms with Crippen molar-refractivity contribution < 1.29 is 8.94 Å². The highest BCUT2D eigenvalue weighted by atomic mass is 32.2. The van der Waals surface area contributed by atoms with E-state index in [1.54, 1.807) is 6.07 Å². The van der Waals surface area contributed by atoms with E-state index in [1.165, 1.54) is 6.07 Å². The summed E-state index contributed by atoms with van der Waals surface area (Å²) in [6.07, 6.45) is 2.94. The van der Waals surface area contributed by atoms with Gasteiger partial charge in [0.05, 0.1) is 6.04 Å². The zero-order valence-corrected chi connectivity index (χ0v) is 14.4. The van der Waals surface area contributed by atoms with Gasteiger partial charge in [-0.05, 0) is 76.4 Å². The van der Waals surface area contributed by atoms with Gasteiger partial charge in [0, 0.05) is 16.8 Å². The SMILES string of the molecule is CC(C)(C)[S@@+]([O-])N[C@@H]1c2ccc(F)cc2CC12CCNCC2. The normalized spacial score (nSPS) is 25.2. The molecule has 5 heteroatoms. The fourth-order valence-electron chi connectivity index (χ4n) is 3.68. The molecule has 1 spiro atoms. The smallest absolute Gasteiger partial charge is 0.136 e. The summed E-state index contributed by atoms with van der Waals surface area (Å²) in [6, 6.07) is 5.10. The zero-order chi connectivity index (χ0) is 16.0. The number of rotatable bonds is 2. The number of benzene rings is 1. The highest BCUT2D eigenvalue weighted by Crippen LogP contribution is 2.51. The minimum absolute atomic E-state index is 0.0465. The van der Waals surface area contributed by atoms with Crippen molar-refractivity contribution >= 4 is 11.4 Å². The maximum atomic E-state index is 13.6. The van der Waals surface area contributed by atoms with Crippen LogP contribution in [-0.2, 0) is 17.8 Å². The van der Waals surface area contributed by atoms with E-state index in [2.05, 4.69) is 10.0 Å². The molecule has 122 valence electrons. The van der Waals surface area contributed by atoms with Gasteiger partial charge in [-0.1, -0.05) is 6.07 Å². The summed E-state index contributed by atoms with van der Waals surface area (Å²) in [4.78, 5) is 0. The number of halogens is 1. The first kappa shape index (κ1) is 16.2. The number of piperidine rings is 1. The lowest BCUT2D eigenvalue weighted by atomic mass is 9.73. The van der Waals surface area contributed by atoms with Crippen molar-refractivity contribution in [2.45, 2.75) is 50.8 Å². The molecule has 0 aromatic heterocycles. The van der Waals surface area contributed by atoms with Gasteiger partial charge in [-0.25, -0.2) is 4.39 Å². The molecule has 2 N–H and O–H groups in total. The molecule has 0 radical (unpaired) electrons. The highest BCUT2D eigenvalue weighted by molar-refractivity contribution is 7.90. The van der Waals surface area contributed by atoms with E-state index in [0.29, 0.717) is 0 Å². The van der Waals surface area contributed by atoms with E-state index in [4.69, 9.17) is 0 Å². The predicted octanol–water partition coefficient (Wildman–Crippen LogP) is 2.84. The van der Waals surface area contributed by atoms with Crippen LogP contribution in [0.15, 0.2) is 18.2 Å². The molecule has 3 rings (SSSR count). The van der Waals surface area contributed by atoms with E-state index >= 15 is 0 Å². The molecular weight excluding hydrogens is 299 g/mol. The van der Waals surface area contributed by atoms with Gasteiger partial charge in [0.25, 0.3) is 0 Å². The first-order chi connectivity index (χ1) is 10.3. The monoisotopic (exact) mass is 324 g/mol. The van der Waals surface area contributed by atoms with Crippen molar-refractivity contribution in [2.75, 3.05) is 13.1 Å². The Morgan fingerprint density at radius 3 is 2.64 bits per heavy atom. The first-order valence-electron chi connectivity index (χ1n) is 7.99. The Kier molecular flexibility index (Phi) is 4.27. The van der Waals surface area contributed by atoms with Crippen molar-refractivity contribution in [2.24, 2.45) is 5.41 Å². The fourth-order valence-corrected chi connectivity index (χ4v) is 4.63. The average Bonchev–Trinajstić information content (AvgIpc) is 2.71. The lowest BCUT2D eigenvalue weighted by Crippen LogP contribution is -2.48. The molecule has 1 aliphatic carbocycles. The fraction of sp³-hybridized carbons (Fsp3) is 0.647. The molecule has 0 unspecified atom stereocenters. The third kappa shape index (κ3) is 2.92. The molecule has 0 bridgehead atoms. The lowest BCUT2D eigenvalue weighted by Gasteiger charge is -2.40. The maximum Gasteiger partial charge on any atom is 0.136 e. The summed E-state index contributed by atoms with van der Waals surface area (Å²) in [5, 5.41) is 3.40. The second-order valence-corrected chi connectivity index (χ2v) is 9.56. The maximum absolute atomic E-state index is 13.6. The van der Waals surface area contributed by atoms with E-state index in [9.17, 15) is 8.94 Å². The zero-order valence-electron chi connectivity index (χ0n) is 13.5. The number of hydrogen-bond donors (Lipinski definition) is 2. The first-order valence-corrected chi connectivity index (χ1v) is 9.14. The van der Waals surface area contributed by atoms with Crippen molar-refractivity contribution in [1.82, 2.24) is 10.0 Å². The molecule has 22 heavy (non-hydrogen) atoms. The van der Waals surface area contributed by atoms with Crippen LogP contribution >= 0.6 is 0 Å². The largest absolute Gasteiger partial charge is 0.598 e. The van der Waals surface area contributed by atoms with Crippen LogP contribution in [-0.4, -0.2) is 22.4 Å². The van der Waals surface area contributed by atoms with Crippen LogP contribution in [0.3, 0.4) is 0 Å². The standard InChI is InChI=1S/C17H25FN2OS/c1-16(2,3)22(21)20-15-14-5-4-13(18)10-12(14)11-17(15)6-8-19-9-7-17/h4-5,10,15,19-20H,6-9,11H2,1-3H3/t15-,22-/m1/s1. The Morgan fingerprint density at radius 1 is 1.32 bits per heavy atom. The Hall–Kier alpha value is -0.620. The molecule has 1 fully saturated rings. The van der Waals surface area contributed by atoms with Crippen LogP contribution in [0.1, 0.15) is 50.8 Å². The molecule has 1 saturated heterocycles. The molecule has 0 saturated carbocycles. The van der Waals surface area contributed by atoms with Gasteiger partial charge in [-0.2, -0.15) is 0 Å². The Bertz CT molecular complexity index is 552. The predicted molar refractivity (Wildman–Crippen MR) is 88.4 cm³/mol. The highest BCUT2D eigenvalue weighted by Gasteiger charge is 2.49. The molecule has 0 amide bonds. The van der Waals surface area contributed by atoms with Crippen LogP contribution in [0, 0.1) is 11.2 Å². The Labute approximate surface area is 135 Å². The van der Waals surface area contributed by atoms with Crippen molar-refractivity contribution in [3.63, 3.8) is 0 Å². The summed E-state index contributed by atoms with van der Waals surface area (Å²) in [6.45, 7) is 7.87. The van der Waals surface area contributed by atoms with Gasteiger partial charge in [0.2, 0.25) is 0 Å². The van der Waals surface area contributed by atoms with Crippen LogP contribution in [0.25, 0.3) is 0 Å². The minimum Gasteiger partial charge on any atom is -0.598 e. The van der Waals surface area contributed by atoms with Gasteiger partial charge in [-0.15, -0.1) is 4.72 Å². The molecule has 3 nitrogen and oxygen atoms in total. The van der Waals surface area contributed by atoms with Crippen molar-refractivity contribution in [3.8, 4) is 0 Å². The van der Waals surface area contributed by atoms with Crippen molar-refractivity contribution in [1.29, 1.82) is 0 Å². The van der Waals surface area contributed by atoms with Gasteiger partial charge >= 0.3 is 0 Å². The van der Waals surface area contributed by atoms with Gasteiger partial charge < -0.3 is 9.87 Å². The molecule has 2 atom stereocenters. The summed E-state index contributed by atoms with van der Waals surface area (Å²) in [5.41, 5.74) is 2.26. The minimum atomic E-state index is -1.13. The number of nitrogens with one attached hydrogen (secondary N) is 2. The summed E-state index contributed by atoms with van der Waals surface area (Å²) >= 11 is -1.13. The van der Waals surface area contributed by atoms with E-state index < -0.39 is 11.4 Å². The third-order valence-electron chi connectivity index (χ3n) is 4.95. The van der Waals surface area contributed by atoms with Crippen molar-refractivity contribution in [3.05, 3.63) is 35.1 Å². The molecular formula is C17H25FN2OS. The van der Waals surface area contributed by atoms with E-state index in [0.717, 1.165) is 43.5 Å². The molecule has 1 heterocycles. The number of fused-ring (bicyclic) bond motifs is 1. The second-order valence-electron chi connectivity index (χ2n) is 7.56. The summed E-state index contributed by atoms with van der Waals surface area (Å²) in [7, 11) is 0. The van der Waals surface area contributed by atoms with Crippen LogP contribution in [0.4, 0.5) is 4.39 Å². The Balaban J connectivity index is 1.94. The lowest BCUT2D eigenvalue weighted by molar-refractivity contribution is 0.163. The second kappa shape index (κ2) is 5.78. The van der Waals surface area contributed by atoms with Gasteiger partial charge in [0.15, 0.2) is 0 Å². The van der Waals surface area contributed by atoms with E-state index in [-0.39, 0.29) is 22.0 Å². The molecule has 1 aromatic carbocycles. The third-order valence-corrected chi connectivity index (χ3v) is 6.51. The Morgan fingerprint density at radius 2 is 2.00 bits per heavy atom. The van der Waals surface area contributed by atoms with Crippen LogP contribution in [0.2, 0.25) is 0 Å². The van der Waals surface area contributed by atoms with Crippen LogP contribution in [0.5, 0.6) is 0 Å². The summed E-state index contributed by atoms with van der Waals surface area (Å²) < 4.78 is 29.3. The van der Waals surface area contributed by atoms with Gasteiger partial charge in [-0.3, -0.25) is 0 Å². The average molecular weight is 324 g/mol. The quantitative estimate of drug-likeness (QED) is 0.823. The topological polar surface area (TPSA) is 47.1 Å². The molecule has 2 aliphatic rings. The molecule has 1 aliphatic heterocycles.